The highest BCUT2D eigenvalue weighted by Gasteiger charge is 2.44. The summed E-state index contributed by atoms with van der Waals surface area (Å²) in [5.74, 6) is -15.8. The fraction of sp³-hybridized carbons (Fsp3) is 0.517. The molecule has 0 saturated carbocycles. The number of aliphatic hydroxyl groups excluding tert-OH is 1. The third kappa shape index (κ3) is 31.8. The molecule has 1 fully saturated rings. The van der Waals surface area contributed by atoms with Gasteiger partial charge in [0.1, 0.15) is 84.4 Å². The third-order valence-corrected chi connectivity index (χ3v) is 23.5. The van der Waals surface area contributed by atoms with E-state index in [2.05, 4.69) is 91.0 Å². The molecule has 1 aliphatic heterocycles. The van der Waals surface area contributed by atoms with E-state index in [0.29, 0.717) is 69.9 Å². The molecule has 17 amide bonds. The van der Waals surface area contributed by atoms with Crippen LogP contribution >= 0.6 is 24.2 Å². The van der Waals surface area contributed by atoms with Crippen LogP contribution in [0.5, 0.6) is 0 Å². The van der Waals surface area contributed by atoms with Gasteiger partial charge in [-0.25, -0.2) is 4.98 Å². The van der Waals surface area contributed by atoms with E-state index in [1.165, 1.54) is 52.5 Å². The fourth-order valence-electron chi connectivity index (χ4n) is 15.5. The molecule has 0 aliphatic carbocycles. The number of nitrogens with zero attached hydrogens (tertiary/aromatic N) is 6. The molecule has 42 nitrogen and oxygen atoms in total. The van der Waals surface area contributed by atoms with E-state index in [1.54, 1.807) is 105 Å². The summed E-state index contributed by atoms with van der Waals surface area (Å²) in [5.41, 5.74) is 19.8. The number of carbonyl (C=O) groups excluding carboxylic acids is 17. The number of fused-ring (bicyclic) bond motifs is 2. The molecule has 3 aromatic heterocycles. The molecule has 0 bridgehead atoms. The summed E-state index contributed by atoms with van der Waals surface area (Å²) >= 11 is 10.0. The van der Waals surface area contributed by atoms with Gasteiger partial charge in [-0.1, -0.05) is 120 Å². The van der Waals surface area contributed by atoms with Gasteiger partial charge in [0.2, 0.25) is 100 Å². The number of rotatable bonds is 54. The predicted molar refractivity (Wildman–Crippen MR) is 497 cm³/mol. The maximum atomic E-state index is 15.6. The first kappa shape index (κ1) is 107. The number of alkyl halides is 1. The number of guanidine groups is 1. The monoisotopic (exact) mass is 1890 g/mol. The summed E-state index contributed by atoms with van der Waals surface area (Å²) in [6, 6.07) is 4.38. The zero-order valence-corrected chi connectivity index (χ0v) is 77.9. The van der Waals surface area contributed by atoms with Crippen molar-refractivity contribution < 1.29 is 86.6 Å². The molecule has 7 rings (SSSR count). The number of hydrogen-bond acceptors (Lipinski definition) is 21. The Morgan fingerprint density at radius 3 is 1.64 bits per heavy atom. The molecule has 44 heteroatoms. The minimum absolute atomic E-state index is 0.0283. The second kappa shape index (κ2) is 52.7. The lowest BCUT2D eigenvalue weighted by molar-refractivity contribution is -0.149. The molecule has 6 aromatic rings. The molecule has 1 saturated heterocycles. The molecule has 22 N–H and O–H groups in total. The number of nitrogens with one attached hydrogen (secondary N) is 15. The van der Waals surface area contributed by atoms with Gasteiger partial charge in [-0.05, 0) is 86.6 Å². The number of likely N-dealkylation sites (tertiary alicyclic amines) is 1. The lowest BCUT2D eigenvalue weighted by Crippen LogP contribution is -2.61. The minimum Gasteiger partial charge on any atom is -0.394 e. The number of imidazole rings is 1. The number of hydrogen-bond donors (Lipinski definition) is 20. The highest BCUT2D eigenvalue weighted by molar-refractivity contribution is 7.80. The number of aromatic amines is 3. The quantitative estimate of drug-likeness (QED) is 0.00664. The van der Waals surface area contributed by atoms with E-state index >= 15 is 19.2 Å². The predicted octanol–water partition coefficient (Wildman–Crippen LogP) is -1.72. The van der Waals surface area contributed by atoms with Crippen molar-refractivity contribution in [3.63, 3.8) is 0 Å². The molecular weight excluding hydrogens is 1760 g/mol. The van der Waals surface area contributed by atoms with Gasteiger partial charge in [-0.2, -0.15) is 12.6 Å². The van der Waals surface area contributed by atoms with Crippen LogP contribution in [-0.2, 0) is 107 Å². The number of aromatic nitrogens is 4. The zero-order valence-electron chi connectivity index (χ0n) is 76.3. The second-order valence-corrected chi connectivity index (χ2v) is 34.1. The first-order valence-corrected chi connectivity index (χ1v) is 45.4. The number of aliphatic hydroxyl groups is 1. The topological polar surface area (TPSA) is 621 Å². The van der Waals surface area contributed by atoms with Crippen molar-refractivity contribution >= 4 is 152 Å². The van der Waals surface area contributed by atoms with Crippen LogP contribution in [0.1, 0.15) is 134 Å². The number of unbranched alkanes of at least 4 members (excludes halogenated alkanes) is 2. The standard InChI is InChI=1S/C89H127ClN24O18S/c1-10-12-30-69(82(126)103-60(29-21-33-96-89(93)94)78(122)109-68(48-133)77(121)99-45-73(92)117)112(8)88(132)71(31-13-11-2)113(9)86(130)65(38-54-43-98-59-28-20-18-26-57(54)59)107-81(125)67(47-115)108-79(123)61(37-53-42-97-58-27-19-17-25-56(53)58)101-75(119)46-110(6)84(128)63(35-50(3)4)106-80(124)62(39-55-44-95-49-100-55)104-83(127)70-32-22-34-114(70)87(131)66(40-72(91)116)105-76(120)51(5)111(7)85(129)64(102-74(118)41-90)36-52-23-15-14-16-24-52/h14-20,23-28,42-44,49-51,60-71,97-98,115,133H,10-13,21-22,29-41,45-48H2,1-9H3,(H2,91,116)(H2,92,117)(H,95,100)(H,99,121)(H,101,119)(H,102,118)(H,103,126)(H,104,127)(H,105,120)(H,106,124)(H,107,125)(H,108,123)(H,109,122)(H4,93,94,96)/t51-,60-,61-,62-,63-,64-,65-,66-,67-,68-,69-,70-,71-/m0/s1. The van der Waals surface area contributed by atoms with E-state index in [4.69, 9.17) is 34.2 Å². The molecule has 724 valence electrons. The van der Waals surface area contributed by atoms with Gasteiger partial charge in [-0.15, -0.1) is 11.6 Å². The van der Waals surface area contributed by atoms with Gasteiger partial charge in [0.25, 0.3) is 0 Å². The minimum atomic E-state index is -1.85. The van der Waals surface area contributed by atoms with Crippen molar-refractivity contribution in [2.45, 2.75) is 216 Å². The SMILES string of the molecule is CCCC[C@@H](C(=O)N(C)[C@@H](CCCC)C(=O)N[C@@H](CCCNC(=N)N)C(=O)N[C@@H](CS)C(=O)NCC(N)=O)N(C)C(=O)[C@H](Cc1c[nH]c2ccccc12)NC(=O)[C@H](CO)NC(=O)[C@H](Cc1c[nH]c2ccccc12)NC(=O)CN(C)C(=O)[C@H](CC(C)C)NC(=O)[C@H](Cc1cnc[nH]1)NC(=O)[C@@H]1CCCN1C(=O)[C@H](CC(N)=O)NC(=O)[C@H](C)N(C)C(=O)[C@H](Cc1ccccc1)NC(=O)CCl. The number of carbonyl (C=O) groups is 17. The summed E-state index contributed by atoms with van der Waals surface area (Å²) in [6.45, 7) is 6.30. The van der Waals surface area contributed by atoms with Gasteiger partial charge in [0.15, 0.2) is 5.96 Å². The maximum Gasteiger partial charge on any atom is 0.246 e. The van der Waals surface area contributed by atoms with Crippen LogP contribution < -0.4 is 75.7 Å². The van der Waals surface area contributed by atoms with Crippen molar-refractivity contribution in [2.75, 3.05) is 72.6 Å². The van der Waals surface area contributed by atoms with Crippen LogP contribution in [0.3, 0.4) is 0 Å². The Labute approximate surface area is 781 Å². The second-order valence-electron chi connectivity index (χ2n) is 33.5. The Hall–Kier alpha value is -13.2. The summed E-state index contributed by atoms with van der Waals surface area (Å²) in [4.78, 5) is 260. The first-order chi connectivity index (χ1) is 63.3. The van der Waals surface area contributed by atoms with E-state index in [9.17, 15) is 67.4 Å². The largest absolute Gasteiger partial charge is 0.394 e. The van der Waals surface area contributed by atoms with Gasteiger partial charge in [0, 0.05) is 119 Å². The Balaban J connectivity index is 1.09. The van der Waals surface area contributed by atoms with E-state index < -0.39 is 211 Å². The van der Waals surface area contributed by atoms with Crippen LogP contribution in [0.15, 0.2) is 104 Å². The Morgan fingerprint density at radius 1 is 0.541 bits per heavy atom. The van der Waals surface area contributed by atoms with Crippen molar-refractivity contribution in [1.82, 2.24) is 103 Å². The number of halogens is 1. The number of amides is 17. The smallest absolute Gasteiger partial charge is 0.246 e. The van der Waals surface area contributed by atoms with Crippen LogP contribution in [0, 0.1) is 11.3 Å². The van der Waals surface area contributed by atoms with Crippen molar-refractivity contribution in [3.8, 4) is 0 Å². The molecule has 0 unspecified atom stereocenters. The number of benzene rings is 3. The van der Waals surface area contributed by atoms with Crippen LogP contribution in [-0.4, -0.2) is 307 Å². The summed E-state index contributed by atoms with van der Waals surface area (Å²) in [5, 5.41) is 48.9. The van der Waals surface area contributed by atoms with E-state index in [-0.39, 0.29) is 101 Å². The summed E-state index contributed by atoms with van der Waals surface area (Å²) < 4.78 is 0. The van der Waals surface area contributed by atoms with E-state index in [1.807, 2.05) is 13.8 Å². The van der Waals surface area contributed by atoms with E-state index in [0.717, 1.165) is 19.6 Å². The molecule has 1 aliphatic rings. The zero-order chi connectivity index (χ0) is 97.9. The number of thiol groups is 1. The highest BCUT2D eigenvalue weighted by atomic mass is 35.5. The summed E-state index contributed by atoms with van der Waals surface area (Å²) in [7, 11) is 5.34. The normalized spacial score (nSPS) is 15.1. The number of likely N-dealkylation sites (N-methyl/N-ethyl adjacent to an activating group) is 4. The molecular formula is C89H127ClN24O18S. The van der Waals surface area contributed by atoms with Crippen LogP contribution in [0.25, 0.3) is 21.8 Å². The Morgan fingerprint density at radius 2 is 1.07 bits per heavy atom. The molecule has 13 atom stereocenters. The van der Waals surface area contributed by atoms with Crippen molar-refractivity contribution in [3.05, 3.63) is 126 Å². The molecule has 3 aromatic carbocycles. The van der Waals surface area contributed by atoms with Gasteiger partial charge in [-0.3, -0.25) is 86.9 Å². The summed E-state index contributed by atoms with van der Waals surface area (Å²) in [6.07, 6.45) is 6.86. The van der Waals surface area contributed by atoms with Crippen LogP contribution in [0.2, 0.25) is 0 Å². The highest BCUT2D eigenvalue weighted by Crippen LogP contribution is 2.26. The Kier molecular flexibility index (Phi) is 42.4. The third-order valence-electron chi connectivity index (χ3n) is 22.9. The lowest BCUT2D eigenvalue weighted by atomic mass is 10.00. The molecule has 0 radical (unpaired) electrons. The number of H-pyrrole nitrogens is 3. The number of primary amides is 2. The van der Waals surface area contributed by atoms with Gasteiger partial charge < -0.3 is 120 Å². The number of nitrogens with two attached hydrogens (primary N) is 3. The Bertz CT molecular complexity index is 5040. The molecule has 133 heavy (non-hydrogen) atoms. The van der Waals surface area contributed by atoms with Crippen LogP contribution in [0.4, 0.5) is 0 Å². The average Bonchev–Trinajstić information content (AvgIpc) is 1.63. The van der Waals surface area contributed by atoms with Gasteiger partial charge >= 0.3 is 0 Å². The lowest BCUT2D eigenvalue weighted by Gasteiger charge is -2.36. The van der Waals surface area contributed by atoms with Crippen molar-refractivity contribution in [1.29, 1.82) is 5.41 Å². The van der Waals surface area contributed by atoms with Crippen molar-refractivity contribution in [2.24, 2.45) is 23.1 Å². The first-order valence-electron chi connectivity index (χ1n) is 44.2. The molecule has 0 spiro atoms. The average molecular weight is 1890 g/mol. The van der Waals surface area contributed by atoms with Gasteiger partial charge in [0.05, 0.1) is 32.4 Å². The number of para-hydroxylation sites is 2. The maximum absolute atomic E-state index is 15.6. The fourth-order valence-corrected chi connectivity index (χ4v) is 15.9. The molecule has 4 heterocycles.